The van der Waals surface area contributed by atoms with Crippen LogP contribution in [0.5, 0.6) is 23.0 Å². The highest BCUT2D eigenvalue weighted by Crippen LogP contribution is 2.40. The van der Waals surface area contributed by atoms with Crippen LogP contribution in [0.25, 0.3) is 0 Å². The van der Waals surface area contributed by atoms with Gasteiger partial charge in [0, 0.05) is 52.7 Å². The maximum atomic E-state index is 13.0. The van der Waals surface area contributed by atoms with Crippen LogP contribution in [0.2, 0.25) is 20.1 Å². The molecule has 0 spiro atoms. The fourth-order valence-electron chi connectivity index (χ4n) is 8.45. The zero-order chi connectivity index (χ0) is 42.3. The van der Waals surface area contributed by atoms with Gasteiger partial charge >= 0.3 is 0 Å². The van der Waals surface area contributed by atoms with Crippen molar-refractivity contribution in [3.63, 3.8) is 0 Å². The highest BCUT2D eigenvalue weighted by molar-refractivity contribution is 6.38. The number of anilines is 2. The summed E-state index contributed by atoms with van der Waals surface area (Å²) in [5, 5.41) is 1.82. The molecule has 2 fully saturated rings. The minimum absolute atomic E-state index is 0.132. The predicted octanol–water partition coefficient (Wildman–Crippen LogP) is 10.8. The van der Waals surface area contributed by atoms with Gasteiger partial charge in [-0.25, -0.2) is 0 Å². The number of hydrogen-bond donors (Lipinski definition) is 0. The molecule has 0 saturated carbocycles. The van der Waals surface area contributed by atoms with E-state index in [0.717, 1.165) is 55.2 Å². The molecule has 4 aromatic rings. The first-order valence-corrected chi connectivity index (χ1v) is 22.2. The van der Waals surface area contributed by atoms with Gasteiger partial charge in [0.15, 0.2) is 23.0 Å². The predicted molar refractivity (Wildman–Crippen MR) is 241 cm³/mol. The van der Waals surface area contributed by atoms with Gasteiger partial charge in [0.05, 0.1) is 48.5 Å². The smallest absolute Gasteiger partial charge is 0.260 e. The van der Waals surface area contributed by atoms with Gasteiger partial charge in [-0.1, -0.05) is 65.7 Å². The first kappa shape index (κ1) is 44.2. The number of carbonyl (C=O) groups excluding carboxylic acids is 2. The molecular formula is C46H52Cl4N4O6. The largest absolute Gasteiger partial charge is 0.493 e. The third kappa shape index (κ3) is 10.2. The number of fused-ring (bicyclic) bond motifs is 2. The molecular weight excluding hydrogens is 846 g/mol. The summed E-state index contributed by atoms with van der Waals surface area (Å²) in [7, 11) is 3.24. The lowest BCUT2D eigenvalue weighted by Crippen LogP contribution is -2.39. The number of ether oxygens (including phenoxy) is 4. The first-order chi connectivity index (χ1) is 29.0. The number of likely N-dealkylation sites (tertiary alicyclic amines) is 2. The van der Waals surface area contributed by atoms with Crippen LogP contribution in [0.4, 0.5) is 11.4 Å². The van der Waals surface area contributed by atoms with Crippen molar-refractivity contribution in [2.45, 2.75) is 71.0 Å². The molecule has 4 aliphatic rings. The Morgan fingerprint density at radius 1 is 0.583 bits per heavy atom. The van der Waals surface area contributed by atoms with Gasteiger partial charge in [0.25, 0.3) is 11.8 Å². The standard InChI is InChI=1S/2C23H26Cl2N2O3/c1-15-5-3-4-8-26(15)9-10-30-21-13-18(6-7-20(21)29-2)27-14-16-11-17(24)12-19(25)22(16)23(27)28;1-29-20-7-6-18(14-21(20)30-11-10-26-8-4-2-3-5-9-26)27-15-16-12-17(24)13-19(25)22(16)23(27)28/h6-7,11-13,15H,3-5,8-10,14H2,1-2H3;6-7,12-14H,2-5,8-11,15H2,1H3. The molecule has 320 valence electrons. The topological polar surface area (TPSA) is 84.0 Å². The molecule has 0 aliphatic carbocycles. The van der Waals surface area contributed by atoms with Gasteiger partial charge in [0.1, 0.15) is 13.2 Å². The van der Waals surface area contributed by atoms with Crippen LogP contribution < -0.4 is 28.7 Å². The summed E-state index contributed by atoms with van der Waals surface area (Å²) in [5.74, 6) is 2.30. The average Bonchev–Trinajstić information content (AvgIpc) is 3.61. The molecule has 0 bridgehead atoms. The third-order valence-electron chi connectivity index (χ3n) is 11.7. The maximum absolute atomic E-state index is 13.0. The van der Waals surface area contributed by atoms with E-state index in [1.54, 1.807) is 48.3 Å². The van der Waals surface area contributed by atoms with Crippen LogP contribution in [0.3, 0.4) is 0 Å². The number of amides is 2. The Morgan fingerprint density at radius 3 is 1.55 bits per heavy atom. The van der Waals surface area contributed by atoms with Gasteiger partial charge in [-0.2, -0.15) is 0 Å². The monoisotopic (exact) mass is 896 g/mol. The van der Waals surface area contributed by atoms with Crippen molar-refractivity contribution < 1.29 is 28.5 Å². The van der Waals surface area contributed by atoms with Crippen LogP contribution in [-0.2, 0) is 13.1 Å². The summed E-state index contributed by atoms with van der Waals surface area (Å²) in [4.78, 5) is 34.2. The third-order valence-corrected chi connectivity index (χ3v) is 12.7. The van der Waals surface area contributed by atoms with Crippen molar-refractivity contribution in [3.05, 3.63) is 103 Å². The second-order valence-electron chi connectivity index (χ2n) is 15.6. The van der Waals surface area contributed by atoms with Crippen molar-refractivity contribution in [2.24, 2.45) is 0 Å². The lowest BCUT2D eigenvalue weighted by Gasteiger charge is -2.33. The molecule has 8 rings (SSSR count). The molecule has 4 aliphatic heterocycles. The molecule has 1 unspecified atom stereocenters. The van der Waals surface area contributed by atoms with Crippen molar-refractivity contribution in [2.75, 3.05) is 70.0 Å². The Labute approximate surface area is 373 Å². The normalized spacial score (nSPS) is 18.1. The summed E-state index contributed by atoms with van der Waals surface area (Å²) in [6, 6.07) is 18.5. The summed E-state index contributed by atoms with van der Waals surface area (Å²) in [6.45, 7) is 9.40. The molecule has 1 atom stereocenters. The maximum Gasteiger partial charge on any atom is 0.260 e. The Bertz CT molecular complexity index is 2180. The lowest BCUT2D eigenvalue weighted by atomic mass is 10.0. The zero-order valence-corrected chi connectivity index (χ0v) is 37.4. The summed E-state index contributed by atoms with van der Waals surface area (Å²) in [5.41, 5.74) is 4.17. The molecule has 10 nitrogen and oxygen atoms in total. The number of halogens is 4. The molecule has 0 aromatic heterocycles. The highest BCUT2D eigenvalue weighted by Gasteiger charge is 2.33. The number of rotatable bonds is 12. The van der Waals surface area contributed by atoms with Crippen molar-refractivity contribution in [1.82, 2.24) is 9.80 Å². The molecule has 2 saturated heterocycles. The highest BCUT2D eigenvalue weighted by atomic mass is 35.5. The molecule has 2 amide bonds. The van der Waals surface area contributed by atoms with E-state index in [2.05, 4.69) is 16.7 Å². The lowest BCUT2D eigenvalue weighted by molar-refractivity contribution is 0.0989. The molecule has 0 N–H and O–H groups in total. The van der Waals surface area contributed by atoms with E-state index in [-0.39, 0.29) is 11.8 Å². The second-order valence-corrected chi connectivity index (χ2v) is 17.3. The van der Waals surface area contributed by atoms with Crippen LogP contribution in [-0.4, -0.2) is 87.8 Å². The van der Waals surface area contributed by atoms with Gasteiger partial charge in [0.2, 0.25) is 0 Å². The number of hydrogen-bond acceptors (Lipinski definition) is 8. The Morgan fingerprint density at radius 2 is 1.07 bits per heavy atom. The summed E-state index contributed by atoms with van der Waals surface area (Å²) < 4.78 is 23.1. The number of methoxy groups -OCH3 is 2. The van der Waals surface area contributed by atoms with Crippen LogP contribution >= 0.6 is 46.4 Å². The summed E-state index contributed by atoms with van der Waals surface area (Å²) >= 11 is 24.8. The van der Waals surface area contributed by atoms with Gasteiger partial charge in [-0.3, -0.25) is 19.4 Å². The van der Waals surface area contributed by atoms with E-state index in [1.807, 2.05) is 36.4 Å². The van der Waals surface area contributed by atoms with Crippen LogP contribution in [0.15, 0.2) is 60.7 Å². The zero-order valence-electron chi connectivity index (χ0n) is 34.4. The van der Waals surface area contributed by atoms with E-state index < -0.39 is 0 Å². The van der Waals surface area contributed by atoms with Crippen molar-refractivity contribution >= 4 is 69.6 Å². The van der Waals surface area contributed by atoms with E-state index in [0.29, 0.717) is 86.6 Å². The van der Waals surface area contributed by atoms with Gasteiger partial charge < -0.3 is 28.7 Å². The molecule has 0 radical (unpaired) electrons. The minimum atomic E-state index is -0.134. The Balaban J connectivity index is 0.000000181. The quantitative estimate of drug-likeness (QED) is 0.139. The molecule has 14 heteroatoms. The van der Waals surface area contributed by atoms with Crippen LogP contribution in [0.1, 0.15) is 83.7 Å². The molecule has 4 heterocycles. The van der Waals surface area contributed by atoms with Gasteiger partial charge in [-0.05, 0) is 112 Å². The Kier molecular flexibility index (Phi) is 15.0. The van der Waals surface area contributed by atoms with E-state index in [1.165, 1.54) is 44.9 Å². The van der Waals surface area contributed by atoms with E-state index in [4.69, 9.17) is 65.4 Å². The molecule has 60 heavy (non-hydrogen) atoms. The first-order valence-electron chi connectivity index (χ1n) is 20.7. The molecule has 4 aromatic carbocycles. The van der Waals surface area contributed by atoms with E-state index in [9.17, 15) is 9.59 Å². The van der Waals surface area contributed by atoms with Crippen LogP contribution in [0, 0.1) is 0 Å². The Hall–Kier alpha value is -3.90. The van der Waals surface area contributed by atoms with E-state index >= 15 is 0 Å². The van der Waals surface area contributed by atoms with Crippen molar-refractivity contribution in [3.8, 4) is 23.0 Å². The fourth-order valence-corrected chi connectivity index (χ4v) is 9.69. The minimum Gasteiger partial charge on any atom is -0.493 e. The number of nitrogens with zero attached hydrogens (tertiary/aromatic N) is 4. The summed E-state index contributed by atoms with van der Waals surface area (Å²) in [6.07, 6.45) is 8.92. The van der Waals surface area contributed by atoms with Crippen molar-refractivity contribution in [1.29, 1.82) is 0 Å². The number of carbonyl (C=O) groups is 2. The average molecular weight is 899 g/mol. The SMILES string of the molecule is COc1ccc(N2Cc3cc(Cl)cc(Cl)c3C2=O)cc1OCCN1CCCCC1C.COc1ccc(N2Cc3cc(Cl)cc(Cl)c3C2=O)cc1OCCN1CCCCCC1. The number of benzene rings is 4. The second kappa shape index (κ2) is 20.3. The fraction of sp³-hybridized carbons (Fsp3) is 0.435. The number of piperidine rings is 1. The van der Waals surface area contributed by atoms with Gasteiger partial charge in [-0.15, -0.1) is 0 Å².